The lowest BCUT2D eigenvalue weighted by molar-refractivity contribution is -0.118. The van der Waals surface area contributed by atoms with Crippen LogP contribution in [0.2, 0.25) is 0 Å². The number of hydrogen-bond donors (Lipinski definition) is 1. The first-order chi connectivity index (χ1) is 11.7. The third-order valence-electron chi connectivity index (χ3n) is 3.23. The van der Waals surface area contributed by atoms with Gasteiger partial charge in [0.25, 0.3) is 5.91 Å². The molecule has 1 N–H and O–H groups in total. The van der Waals surface area contributed by atoms with Crippen molar-refractivity contribution < 1.29 is 9.18 Å². The SMILES string of the molecule is CCn1c(SC(F)C(=O)Nc2ccccc2)nnc1-c1cccs1. The van der Waals surface area contributed by atoms with E-state index in [0.29, 0.717) is 23.2 Å². The van der Waals surface area contributed by atoms with Gasteiger partial charge in [0.15, 0.2) is 11.0 Å². The number of thioether (sulfide) groups is 1. The lowest BCUT2D eigenvalue weighted by Crippen LogP contribution is -2.21. The van der Waals surface area contributed by atoms with E-state index in [0.717, 1.165) is 16.6 Å². The number of aromatic nitrogens is 3. The van der Waals surface area contributed by atoms with Gasteiger partial charge >= 0.3 is 0 Å². The van der Waals surface area contributed by atoms with Crippen LogP contribution in [0.1, 0.15) is 6.92 Å². The van der Waals surface area contributed by atoms with Gasteiger partial charge in [-0.3, -0.25) is 4.79 Å². The van der Waals surface area contributed by atoms with E-state index in [9.17, 15) is 9.18 Å². The molecule has 1 amide bonds. The van der Waals surface area contributed by atoms with Crippen molar-refractivity contribution in [2.24, 2.45) is 0 Å². The van der Waals surface area contributed by atoms with E-state index in [2.05, 4.69) is 15.5 Å². The van der Waals surface area contributed by atoms with E-state index < -0.39 is 11.4 Å². The number of rotatable bonds is 6. The van der Waals surface area contributed by atoms with Crippen LogP contribution < -0.4 is 5.32 Å². The highest BCUT2D eigenvalue weighted by Gasteiger charge is 2.23. The molecular weight excluding hydrogens is 347 g/mol. The number of para-hydroxylation sites is 1. The van der Waals surface area contributed by atoms with Crippen LogP contribution >= 0.6 is 23.1 Å². The Labute approximate surface area is 146 Å². The summed E-state index contributed by atoms with van der Waals surface area (Å²) >= 11 is 2.30. The summed E-state index contributed by atoms with van der Waals surface area (Å²) in [7, 11) is 0. The van der Waals surface area contributed by atoms with Crippen molar-refractivity contribution in [3.8, 4) is 10.7 Å². The fraction of sp³-hybridized carbons (Fsp3) is 0.188. The fourth-order valence-corrected chi connectivity index (χ4v) is 3.61. The monoisotopic (exact) mass is 362 g/mol. The van der Waals surface area contributed by atoms with Crippen LogP contribution in [0.3, 0.4) is 0 Å². The molecule has 0 saturated carbocycles. The predicted molar refractivity (Wildman–Crippen MR) is 94.8 cm³/mol. The number of amides is 1. The van der Waals surface area contributed by atoms with Crippen LogP contribution in [-0.2, 0) is 11.3 Å². The van der Waals surface area contributed by atoms with E-state index >= 15 is 0 Å². The van der Waals surface area contributed by atoms with Crippen molar-refractivity contribution in [2.45, 2.75) is 24.1 Å². The van der Waals surface area contributed by atoms with Crippen molar-refractivity contribution in [1.82, 2.24) is 14.8 Å². The van der Waals surface area contributed by atoms with Gasteiger partial charge in [0.05, 0.1) is 4.88 Å². The zero-order chi connectivity index (χ0) is 16.9. The molecule has 1 unspecified atom stereocenters. The van der Waals surface area contributed by atoms with E-state index in [4.69, 9.17) is 0 Å². The van der Waals surface area contributed by atoms with Crippen molar-refractivity contribution in [1.29, 1.82) is 0 Å². The summed E-state index contributed by atoms with van der Waals surface area (Å²) in [6.45, 7) is 2.53. The highest BCUT2D eigenvalue weighted by Crippen LogP contribution is 2.29. The molecule has 0 spiro atoms. The van der Waals surface area contributed by atoms with Gasteiger partial charge in [-0.25, -0.2) is 4.39 Å². The summed E-state index contributed by atoms with van der Waals surface area (Å²) in [5.74, 6) is -0.0276. The standard InChI is InChI=1S/C16H15FN4OS2/c1-2-21-14(12-9-6-10-23-12)19-20-16(21)24-13(17)15(22)18-11-7-4-3-5-8-11/h3-10,13H,2H2,1H3,(H,18,22). The number of thiophene rings is 1. The Balaban J connectivity index is 1.72. The van der Waals surface area contributed by atoms with Gasteiger partial charge in [0.2, 0.25) is 5.50 Å². The Morgan fingerprint density at radius 2 is 2.08 bits per heavy atom. The Morgan fingerprint density at radius 1 is 1.29 bits per heavy atom. The highest BCUT2D eigenvalue weighted by molar-refractivity contribution is 8.00. The fourth-order valence-electron chi connectivity index (χ4n) is 2.12. The summed E-state index contributed by atoms with van der Waals surface area (Å²) < 4.78 is 16.1. The summed E-state index contributed by atoms with van der Waals surface area (Å²) in [6, 6.07) is 12.6. The maximum atomic E-state index is 14.3. The van der Waals surface area contributed by atoms with E-state index in [1.54, 1.807) is 40.2 Å². The molecule has 5 nitrogen and oxygen atoms in total. The van der Waals surface area contributed by atoms with Gasteiger partial charge in [-0.2, -0.15) is 0 Å². The molecule has 0 fully saturated rings. The van der Waals surface area contributed by atoms with Gasteiger partial charge in [0, 0.05) is 12.2 Å². The first-order valence-corrected chi connectivity index (χ1v) is 9.08. The molecule has 2 heterocycles. The average Bonchev–Trinajstić information content (AvgIpc) is 3.24. The Morgan fingerprint density at radius 3 is 2.75 bits per heavy atom. The second-order valence-corrected chi connectivity index (χ2v) is 6.78. The minimum Gasteiger partial charge on any atom is -0.323 e. The molecule has 0 aliphatic rings. The third-order valence-corrected chi connectivity index (χ3v) is 5.03. The molecule has 2 aromatic heterocycles. The van der Waals surface area contributed by atoms with E-state index in [-0.39, 0.29) is 0 Å². The lowest BCUT2D eigenvalue weighted by Gasteiger charge is -2.10. The minimum absolute atomic E-state index is 0.386. The van der Waals surface area contributed by atoms with E-state index in [1.165, 1.54) is 0 Å². The summed E-state index contributed by atoms with van der Waals surface area (Å²) in [5, 5.41) is 13.0. The van der Waals surface area contributed by atoms with Crippen molar-refractivity contribution >= 4 is 34.7 Å². The number of nitrogens with one attached hydrogen (secondary N) is 1. The van der Waals surface area contributed by atoms with Gasteiger partial charge < -0.3 is 9.88 Å². The summed E-state index contributed by atoms with van der Waals surface area (Å²) in [6.07, 6.45) is 0. The van der Waals surface area contributed by atoms with Gasteiger partial charge in [0.1, 0.15) is 0 Å². The number of carbonyl (C=O) groups excluding carboxylic acids is 1. The lowest BCUT2D eigenvalue weighted by atomic mass is 10.3. The van der Waals surface area contributed by atoms with Crippen LogP contribution in [0.25, 0.3) is 10.7 Å². The number of hydrogen-bond acceptors (Lipinski definition) is 5. The molecule has 0 radical (unpaired) electrons. The summed E-state index contributed by atoms with van der Waals surface area (Å²) in [4.78, 5) is 12.9. The topological polar surface area (TPSA) is 59.8 Å². The first kappa shape index (κ1) is 16.7. The minimum atomic E-state index is -1.77. The van der Waals surface area contributed by atoms with Crippen LogP contribution in [0, 0.1) is 0 Å². The Bertz CT molecular complexity index is 805. The van der Waals surface area contributed by atoms with E-state index in [1.807, 2.05) is 30.5 Å². The van der Waals surface area contributed by atoms with Crippen LogP contribution in [0.15, 0.2) is 53.0 Å². The van der Waals surface area contributed by atoms with Crippen molar-refractivity contribution in [3.05, 3.63) is 47.8 Å². The highest BCUT2D eigenvalue weighted by atomic mass is 32.2. The maximum absolute atomic E-state index is 14.3. The second kappa shape index (κ2) is 7.59. The molecule has 8 heteroatoms. The summed E-state index contributed by atoms with van der Waals surface area (Å²) in [5.41, 5.74) is -1.21. The number of nitrogens with zero attached hydrogens (tertiary/aromatic N) is 3. The van der Waals surface area contributed by atoms with Crippen LogP contribution in [-0.4, -0.2) is 26.2 Å². The molecule has 1 atom stereocenters. The number of alkyl halides is 1. The van der Waals surface area contributed by atoms with Crippen LogP contribution in [0.5, 0.6) is 0 Å². The van der Waals surface area contributed by atoms with Crippen molar-refractivity contribution in [3.63, 3.8) is 0 Å². The first-order valence-electron chi connectivity index (χ1n) is 7.32. The van der Waals surface area contributed by atoms with Gasteiger partial charge in [-0.15, -0.1) is 21.5 Å². The number of halogens is 1. The molecule has 0 bridgehead atoms. The molecule has 24 heavy (non-hydrogen) atoms. The van der Waals surface area contributed by atoms with Crippen molar-refractivity contribution in [2.75, 3.05) is 5.32 Å². The average molecular weight is 362 g/mol. The number of carbonyl (C=O) groups is 1. The molecule has 124 valence electrons. The largest absolute Gasteiger partial charge is 0.323 e. The van der Waals surface area contributed by atoms with Gasteiger partial charge in [-0.1, -0.05) is 24.3 Å². The zero-order valence-corrected chi connectivity index (χ0v) is 14.5. The van der Waals surface area contributed by atoms with Crippen LogP contribution in [0.4, 0.5) is 10.1 Å². The molecule has 0 saturated heterocycles. The molecule has 3 aromatic rings. The molecule has 0 aliphatic carbocycles. The maximum Gasteiger partial charge on any atom is 0.269 e. The third kappa shape index (κ3) is 3.65. The number of anilines is 1. The molecule has 3 rings (SSSR count). The normalized spacial score (nSPS) is 12.1. The Kier molecular flexibility index (Phi) is 5.27. The Hall–Kier alpha value is -2.19. The smallest absolute Gasteiger partial charge is 0.269 e. The second-order valence-electron chi connectivity index (χ2n) is 4.82. The molecule has 0 aliphatic heterocycles. The molecule has 1 aromatic carbocycles. The molecular formula is C16H15FN4OS2. The predicted octanol–water partition coefficient (Wildman–Crippen LogP) is 4.05. The number of benzene rings is 1. The quantitative estimate of drug-likeness (QED) is 0.672. The zero-order valence-electron chi connectivity index (χ0n) is 12.8. The van der Waals surface area contributed by atoms with Gasteiger partial charge in [-0.05, 0) is 42.3 Å².